The van der Waals surface area contributed by atoms with Crippen molar-refractivity contribution in [3.8, 4) is 0 Å². The third-order valence-corrected chi connectivity index (χ3v) is 4.16. The predicted molar refractivity (Wildman–Crippen MR) is 91.5 cm³/mol. The Hall–Kier alpha value is -1.88. The SMILES string of the molecule is CC[C@H](C)c1ccc([C@@H]([NH2+]CC(=O)NNC(C)=O)C(C)C)cc1. The first kappa shape index (κ1) is 19.2. The summed E-state index contributed by atoms with van der Waals surface area (Å²) in [6.45, 7) is 10.4. The van der Waals surface area contributed by atoms with Crippen LogP contribution < -0.4 is 16.2 Å². The number of hydrogen-bond donors (Lipinski definition) is 3. The van der Waals surface area contributed by atoms with Gasteiger partial charge >= 0.3 is 0 Å². The van der Waals surface area contributed by atoms with Gasteiger partial charge in [-0.25, -0.2) is 0 Å². The van der Waals surface area contributed by atoms with E-state index in [0.717, 1.165) is 6.42 Å². The van der Waals surface area contributed by atoms with Crippen LogP contribution in [0.3, 0.4) is 0 Å². The molecule has 0 spiro atoms. The Balaban J connectivity index is 2.67. The van der Waals surface area contributed by atoms with Crippen molar-refractivity contribution in [1.82, 2.24) is 10.9 Å². The molecule has 0 saturated heterocycles. The molecular weight excluding hydrogens is 290 g/mol. The molecule has 128 valence electrons. The van der Waals surface area contributed by atoms with Gasteiger partial charge in [-0.1, -0.05) is 52.0 Å². The van der Waals surface area contributed by atoms with Gasteiger partial charge in [0, 0.05) is 18.4 Å². The zero-order valence-corrected chi connectivity index (χ0v) is 14.8. The van der Waals surface area contributed by atoms with Crippen molar-refractivity contribution in [3.05, 3.63) is 35.4 Å². The van der Waals surface area contributed by atoms with Crippen molar-refractivity contribution in [2.75, 3.05) is 6.54 Å². The predicted octanol–water partition coefficient (Wildman–Crippen LogP) is 1.63. The number of nitrogens with two attached hydrogens (primary N) is 1. The van der Waals surface area contributed by atoms with Gasteiger partial charge in [0.15, 0.2) is 6.54 Å². The lowest BCUT2D eigenvalue weighted by atomic mass is 9.92. The molecule has 0 bridgehead atoms. The van der Waals surface area contributed by atoms with Crippen LogP contribution in [-0.2, 0) is 9.59 Å². The minimum atomic E-state index is -0.278. The number of rotatable bonds is 7. The van der Waals surface area contributed by atoms with Crippen LogP contribution in [0.4, 0.5) is 0 Å². The Morgan fingerprint density at radius 2 is 1.61 bits per heavy atom. The summed E-state index contributed by atoms with van der Waals surface area (Å²) in [5.74, 6) is 0.480. The summed E-state index contributed by atoms with van der Waals surface area (Å²) in [5, 5.41) is 2.01. The van der Waals surface area contributed by atoms with Crippen LogP contribution in [0.25, 0.3) is 0 Å². The third-order valence-electron chi connectivity index (χ3n) is 4.16. The minimum Gasteiger partial charge on any atom is -0.332 e. The summed E-state index contributed by atoms with van der Waals surface area (Å²) in [4.78, 5) is 22.5. The molecule has 23 heavy (non-hydrogen) atoms. The van der Waals surface area contributed by atoms with E-state index in [9.17, 15) is 9.59 Å². The molecule has 0 aromatic heterocycles. The number of benzene rings is 1. The monoisotopic (exact) mass is 320 g/mol. The summed E-state index contributed by atoms with van der Waals surface area (Å²) in [6.07, 6.45) is 1.13. The fourth-order valence-corrected chi connectivity index (χ4v) is 2.52. The first-order valence-corrected chi connectivity index (χ1v) is 8.33. The van der Waals surface area contributed by atoms with E-state index in [1.54, 1.807) is 0 Å². The molecule has 0 saturated carbocycles. The summed E-state index contributed by atoms with van der Waals surface area (Å²) in [6, 6.07) is 8.90. The van der Waals surface area contributed by atoms with E-state index < -0.39 is 0 Å². The Morgan fingerprint density at radius 3 is 2.09 bits per heavy atom. The second kappa shape index (κ2) is 9.30. The smallest absolute Gasteiger partial charge is 0.293 e. The number of quaternary nitrogens is 1. The van der Waals surface area contributed by atoms with E-state index in [1.165, 1.54) is 18.1 Å². The number of carbonyl (C=O) groups excluding carboxylic acids is 2. The molecule has 1 aromatic rings. The van der Waals surface area contributed by atoms with Crippen molar-refractivity contribution < 1.29 is 14.9 Å². The lowest BCUT2D eigenvalue weighted by Gasteiger charge is -2.20. The van der Waals surface area contributed by atoms with E-state index >= 15 is 0 Å². The molecule has 1 aromatic carbocycles. The first-order valence-electron chi connectivity index (χ1n) is 8.33. The number of nitrogens with one attached hydrogen (secondary N) is 2. The second-order valence-corrected chi connectivity index (χ2v) is 6.41. The Kier molecular flexibility index (Phi) is 7.75. The highest BCUT2D eigenvalue weighted by Gasteiger charge is 2.20. The molecule has 0 aliphatic carbocycles. The normalized spacial score (nSPS) is 13.5. The molecule has 5 nitrogen and oxygen atoms in total. The summed E-state index contributed by atoms with van der Waals surface area (Å²) < 4.78 is 0. The third kappa shape index (κ3) is 6.40. The van der Waals surface area contributed by atoms with Gasteiger partial charge in [-0.05, 0) is 17.9 Å². The second-order valence-electron chi connectivity index (χ2n) is 6.41. The quantitative estimate of drug-likeness (QED) is 0.668. The fraction of sp³-hybridized carbons (Fsp3) is 0.556. The highest BCUT2D eigenvalue weighted by atomic mass is 16.2. The molecule has 0 radical (unpaired) electrons. The van der Waals surface area contributed by atoms with Gasteiger partial charge < -0.3 is 5.32 Å². The molecule has 5 heteroatoms. The van der Waals surface area contributed by atoms with Crippen LogP contribution in [0.5, 0.6) is 0 Å². The lowest BCUT2D eigenvalue weighted by molar-refractivity contribution is -0.692. The van der Waals surface area contributed by atoms with E-state index in [-0.39, 0.29) is 24.4 Å². The molecule has 1 rings (SSSR count). The topological polar surface area (TPSA) is 74.8 Å². The number of hydrogen-bond acceptors (Lipinski definition) is 2. The van der Waals surface area contributed by atoms with Gasteiger partial charge in [0.25, 0.3) is 5.91 Å². The summed E-state index contributed by atoms with van der Waals surface area (Å²) in [7, 11) is 0. The average Bonchev–Trinajstić information content (AvgIpc) is 2.52. The van der Waals surface area contributed by atoms with Gasteiger partial charge in [-0.2, -0.15) is 0 Å². The number of amides is 2. The van der Waals surface area contributed by atoms with Crippen LogP contribution in [-0.4, -0.2) is 18.4 Å². The van der Waals surface area contributed by atoms with E-state index in [0.29, 0.717) is 11.8 Å². The van der Waals surface area contributed by atoms with Crippen LogP contribution in [0, 0.1) is 5.92 Å². The van der Waals surface area contributed by atoms with E-state index in [1.807, 2.05) is 5.32 Å². The van der Waals surface area contributed by atoms with E-state index in [4.69, 9.17) is 0 Å². The number of carbonyl (C=O) groups is 2. The maximum absolute atomic E-state index is 11.7. The maximum Gasteiger partial charge on any atom is 0.293 e. The molecule has 0 aliphatic rings. The zero-order chi connectivity index (χ0) is 17.4. The van der Waals surface area contributed by atoms with Gasteiger partial charge in [-0.3, -0.25) is 20.4 Å². The van der Waals surface area contributed by atoms with Gasteiger partial charge in [0.2, 0.25) is 5.91 Å². The van der Waals surface area contributed by atoms with Crippen molar-refractivity contribution >= 4 is 11.8 Å². The molecule has 0 heterocycles. The molecule has 0 aliphatic heterocycles. The van der Waals surface area contributed by atoms with Gasteiger partial charge in [0.05, 0.1) is 0 Å². The van der Waals surface area contributed by atoms with Crippen molar-refractivity contribution in [1.29, 1.82) is 0 Å². The summed E-state index contributed by atoms with van der Waals surface area (Å²) >= 11 is 0. The van der Waals surface area contributed by atoms with Crippen LogP contribution in [0.2, 0.25) is 0 Å². The molecule has 0 fully saturated rings. The van der Waals surface area contributed by atoms with Crippen LogP contribution >= 0.6 is 0 Å². The fourth-order valence-electron chi connectivity index (χ4n) is 2.52. The Bertz CT molecular complexity index is 512. The van der Waals surface area contributed by atoms with Crippen molar-refractivity contribution in [3.63, 3.8) is 0 Å². The van der Waals surface area contributed by atoms with Crippen LogP contribution in [0.1, 0.15) is 64.1 Å². The van der Waals surface area contributed by atoms with Gasteiger partial charge in [-0.15, -0.1) is 0 Å². The number of hydrazine groups is 1. The highest BCUT2D eigenvalue weighted by Crippen LogP contribution is 2.22. The Morgan fingerprint density at radius 1 is 1.04 bits per heavy atom. The summed E-state index contributed by atoms with van der Waals surface area (Å²) in [5.41, 5.74) is 7.27. The molecule has 4 N–H and O–H groups in total. The lowest BCUT2D eigenvalue weighted by Crippen LogP contribution is -2.88. The standard InChI is InChI=1S/C18H29N3O2/c1-6-13(4)15-7-9-16(10-8-15)18(12(2)3)19-11-17(23)21-20-14(5)22/h7-10,12-13,18-19H,6,11H2,1-5H3,(H,20,22)(H,21,23)/p+1/t13-,18-/m0/s1. The average molecular weight is 320 g/mol. The Labute approximate surface area is 139 Å². The largest absolute Gasteiger partial charge is 0.332 e. The molecular formula is C18H30N3O2+. The first-order chi connectivity index (χ1) is 10.8. The van der Waals surface area contributed by atoms with Gasteiger partial charge in [0.1, 0.15) is 6.04 Å². The van der Waals surface area contributed by atoms with Crippen LogP contribution in [0.15, 0.2) is 24.3 Å². The van der Waals surface area contributed by atoms with Crippen molar-refractivity contribution in [2.45, 2.75) is 53.0 Å². The maximum atomic E-state index is 11.7. The van der Waals surface area contributed by atoms with E-state index in [2.05, 4.69) is 62.8 Å². The zero-order valence-electron chi connectivity index (χ0n) is 14.8. The minimum absolute atomic E-state index is 0.206. The molecule has 2 atom stereocenters. The van der Waals surface area contributed by atoms with Crippen molar-refractivity contribution in [2.24, 2.45) is 5.92 Å². The highest BCUT2D eigenvalue weighted by molar-refractivity contribution is 5.81. The molecule has 0 unspecified atom stereocenters. The molecule has 2 amide bonds.